The zero-order valence-corrected chi connectivity index (χ0v) is 17.4. The fourth-order valence-corrected chi connectivity index (χ4v) is 3.47. The third-order valence-corrected chi connectivity index (χ3v) is 5.16. The van der Waals surface area contributed by atoms with Crippen LogP contribution in [0.5, 0.6) is 5.75 Å². The van der Waals surface area contributed by atoms with E-state index in [0.29, 0.717) is 0 Å². The van der Waals surface area contributed by atoms with E-state index in [1.165, 1.54) is 44.2 Å². The van der Waals surface area contributed by atoms with Gasteiger partial charge in [0.25, 0.3) is 0 Å². The number of nitrogens with zero attached hydrogens (tertiary/aromatic N) is 1. The molecule has 29 heavy (non-hydrogen) atoms. The summed E-state index contributed by atoms with van der Waals surface area (Å²) in [4.78, 5) is 26.4. The van der Waals surface area contributed by atoms with Crippen molar-refractivity contribution in [1.82, 2.24) is 0 Å². The first-order chi connectivity index (χ1) is 14.0. The molecule has 2 rings (SSSR count). The van der Waals surface area contributed by atoms with Crippen LogP contribution in [0.4, 0.5) is 5.69 Å². The van der Waals surface area contributed by atoms with Crippen LogP contribution >= 0.6 is 0 Å². The summed E-state index contributed by atoms with van der Waals surface area (Å²) in [6.45, 7) is 5.98. The summed E-state index contributed by atoms with van der Waals surface area (Å²) < 4.78 is 0. The van der Waals surface area contributed by atoms with Gasteiger partial charge in [0, 0.05) is 30.4 Å². The molecule has 2 N–H and O–H groups in total. The number of carboxylic acid groups (broad SMARTS) is 1. The third-order valence-electron chi connectivity index (χ3n) is 5.16. The Labute approximate surface area is 173 Å². The van der Waals surface area contributed by atoms with Crippen molar-refractivity contribution >= 4 is 17.4 Å². The number of carbonyl (C=O) groups excluding carboxylic acids is 1. The first-order valence-corrected chi connectivity index (χ1v) is 10.4. The summed E-state index contributed by atoms with van der Waals surface area (Å²) in [7, 11) is 0. The predicted octanol–water partition coefficient (Wildman–Crippen LogP) is 5.51. The lowest BCUT2D eigenvalue weighted by Crippen LogP contribution is -2.24. The Morgan fingerprint density at radius 1 is 0.862 bits per heavy atom. The molecule has 0 unspecified atom stereocenters. The van der Waals surface area contributed by atoms with Crippen LogP contribution < -0.4 is 4.90 Å². The van der Waals surface area contributed by atoms with Crippen molar-refractivity contribution in [2.75, 3.05) is 18.0 Å². The average Bonchev–Trinajstić information content (AvgIpc) is 2.72. The highest BCUT2D eigenvalue weighted by molar-refractivity contribution is 6.15. The molecule has 156 valence electrons. The fraction of sp³-hybridized carbons (Fsp3) is 0.417. The topological polar surface area (TPSA) is 77.8 Å². The van der Waals surface area contributed by atoms with Gasteiger partial charge in [0.1, 0.15) is 5.75 Å². The molecule has 0 heterocycles. The number of hydrogen-bond donors (Lipinski definition) is 2. The molecule has 0 fully saturated rings. The van der Waals surface area contributed by atoms with Gasteiger partial charge in [-0.25, -0.2) is 4.79 Å². The van der Waals surface area contributed by atoms with Crippen LogP contribution in [0, 0.1) is 0 Å². The number of phenols is 1. The first kappa shape index (κ1) is 22.5. The fourth-order valence-electron chi connectivity index (χ4n) is 3.47. The highest BCUT2D eigenvalue weighted by Gasteiger charge is 2.20. The molecule has 0 saturated carbocycles. The van der Waals surface area contributed by atoms with Crippen molar-refractivity contribution in [3.63, 3.8) is 0 Å². The number of unbranched alkanes of at least 4 members (excludes halogenated alkanes) is 5. The third kappa shape index (κ3) is 6.08. The van der Waals surface area contributed by atoms with E-state index in [2.05, 4.69) is 18.7 Å². The monoisotopic (exact) mass is 397 g/mol. The summed E-state index contributed by atoms with van der Waals surface area (Å²) in [6, 6.07) is 11.0. The molecule has 0 amide bonds. The summed E-state index contributed by atoms with van der Waals surface area (Å²) in [5.74, 6) is -1.79. The van der Waals surface area contributed by atoms with E-state index in [9.17, 15) is 19.8 Å². The molecule has 0 bridgehead atoms. The average molecular weight is 398 g/mol. The van der Waals surface area contributed by atoms with Gasteiger partial charge in [0.15, 0.2) is 5.78 Å². The maximum Gasteiger partial charge on any atom is 0.336 e. The Hall–Kier alpha value is -2.82. The van der Waals surface area contributed by atoms with Gasteiger partial charge >= 0.3 is 5.97 Å². The number of rotatable bonds is 12. The second-order valence-electron chi connectivity index (χ2n) is 7.23. The number of carbonyl (C=O) groups is 2. The van der Waals surface area contributed by atoms with Crippen molar-refractivity contribution in [3.05, 3.63) is 59.2 Å². The van der Waals surface area contributed by atoms with Gasteiger partial charge < -0.3 is 15.1 Å². The molecule has 0 aromatic heterocycles. The van der Waals surface area contributed by atoms with Crippen molar-refractivity contribution in [3.8, 4) is 5.75 Å². The van der Waals surface area contributed by atoms with E-state index in [4.69, 9.17) is 0 Å². The number of ketones is 1. The van der Waals surface area contributed by atoms with E-state index >= 15 is 0 Å². The number of anilines is 1. The number of benzene rings is 2. The van der Waals surface area contributed by atoms with E-state index in [1.807, 2.05) is 6.07 Å². The van der Waals surface area contributed by atoms with Gasteiger partial charge in [-0.15, -0.1) is 0 Å². The lowest BCUT2D eigenvalue weighted by molar-refractivity contribution is 0.0692. The highest BCUT2D eigenvalue weighted by atomic mass is 16.4. The van der Waals surface area contributed by atoms with Gasteiger partial charge in [-0.2, -0.15) is 0 Å². The Balaban J connectivity index is 2.11. The Morgan fingerprint density at radius 3 is 2.14 bits per heavy atom. The van der Waals surface area contributed by atoms with Crippen LogP contribution in [-0.2, 0) is 0 Å². The molecule has 0 aliphatic heterocycles. The minimum absolute atomic E-state index is 0.0702. The molecule has 0 saturated heterocycles. The van der Waals surface area contributed by atoms with Gasteiger partial charge in [0.2, 0.25) is 0 Å². The molecule has 0 radical (unpaired) electrons. The van der Waals surface area contributed by atoms with Gasteiger partial charge in [0.05, 0.1) is 11.1 Å². The lowest BCUT2D eigenvalue weighted by atomic mass is 9.97. The SMILES string of the molecule is CCCCCCCCN(CC)c1ccc(C(=O)c2ccccc2C(=O)O)c(O)c1. The van der Waals surface area contributed by atoms with Crippen molar-refractivity contribution in [2.45, 2.75) is 52.4 Å². The largest absolute Gasteiger partial charge is 0.507 e. The van der Waals surface area contributed by atoms with E-state index < -0.39 is 11.8 Å². The molecular weight excluding hydrogens is 366 g/mol. The molecule has 2 aromatic rings. The molecule has 0 atom stereocenters. The Morgan fingerprint density at radius 2 is 1.52 bits per heavy atom. The number of aromatic carboxylic acids is 1. The van der Waals surface area contributed by atoms with Crippen molar-refractivity contribution < 1.29 is 19.8 Å². The minimum atomic E-state index is -1.17. The van der Waals surface area contributed by atoms with E-state index in [1.54, 1.807) is 24.3 Å². The van der Waals surface area contributed by atoms with Crippen LogP contribution in [-0.4, -0.2) is 35.1 Å². The van der Waals surface area contributed by atoms with Crippen molar-refractivity contribution in [2.24, 2.45) is 0 Å². The predicted molar refractivity (Wildman–Crippen MR) is 116 cm³/mol. The second kappa shape index (κ2) is 11.2. The second-order valence-corrected chi connectivity index (χ2v) is 7.23. The molecule has 0 aliphatic carbocycles. The van der Waals surface area contributed by atoms with Crippen LogP contribution in [0.25, 0.3) is 0 Å². The molecule has 5 heteroatoms. The molecule has 2 aromatic carbocycles. The quantitative estimate of drug-likeness (QED) is 0.365. The molecular formula is C24H31NO4. The van der Waals surface area contributed by atoms with Crippen LogP contribution in [0.3, 0.4) is 0 Å². The van der Waals surface area contributed by atoms with E-state index in [0.717, 1.165) is 25.2 Å². The number of aromatic hydroxyl groups is 1. The van der Waals surface area contributed by atoms with E-state index in [-0.39, 0.29) is 22.4 Å². The number of hydrogen-bond acceptors (Lipinski definition) is 4. The maximum atomic E-state index is 12.8. The van der Waals surface area contributed by atoms with Crippen LogP contribution in [0.1, 0.15) is 78.7 Å². The summed E-state index contributed by atoms with van der Waals surface area (Å²) in [5, 5.41) is 19.8. The smallest absolute Gasteiger partial charge is 0.336 e. The number of carboxylic acids is 1. The van der Waals surface area contributed by atoms with Crippen LogP contribution in [0.15, 0.2) is 42.5 Å². The summed E-state index contributed by atoms with van der Waals surface area (Å²) in [5.41, 5.74) is 0.974. The Bertz CT molecular complexity index is 831. The van der Waals surface area contributed by atoms with Gasteiger partial charge in [-0.3, -0.25) is 4.79 Å². The lowest BCUT2D eigenvalue weighted by Gasteiger charge is -2.23. The minimum Gasteiger partial charge on any atom is -0.507 e. The normalized spacial score (nSPS) is 10.7. The molecule has 0 aliphatic rings. The maximum absolute atomic E-state index is 12.8. The van der Waals surface area contributed by atoms with Crippen LogP contribution in [0.2, 0.25) is 0 Å². The van der Waals surface area contributed by atoms with Crippen molar-refractivity contribution in [1.29, 1.82) is 0 Å². The zero-order chi connectivity index (χ0) is 21.2. The standard InChI is InChI=1S/C24H31NO4/c1-3-5-6-7-8-11-16-25(4-2)18-14-15-21(22(26)17-18)23(27)19-12-9-10-13-20(19)24(28)29/h9-10,12-15,17,26H,3-8,11,16H2,1-2H3,(H,28,29). The first-order valence-electron chi connectivity index (χ1n) is 10.4. The molecule has 0 spiro atoms. The molecule has 5 nitrogen and oxygen atoms in total. The number of phenolic OH excluding ortho intramolecular Hbond substituents is 1. The zero-order valence-electron chi connectivity index (χ0n) is 17.4. The Kier molecular flexibility index (Phi) is 8.71. The van der Waals surface area contributed by atoms with Gasteiger partial charge in [-0.1, -0.05) is 57.2 Å². The highest BCUT2D eigenvalue weighted by Crippen LogP contribution is 2.28. The van der Waals surface area contributed by atoms with Gasteiger partial charge in [-0.05, 0) is 31.5 Å². The summed E-state index contributed by atoms with van der Waals surface area (Å²) in [6.07, 6.45) is 7.31. The summed E-state index contributed by atoms with van der Waals surface area (Å²) >= 11 is 0.